The Hall–Kier alpha value is -2.46. The molecule has 2 aromatic carbocycles. The average Bonchev–Trinajstić information content (AvgIpc) is 3.42. The van der Waals surface area contributed by atoms with Gasteiger partial charge in [-0.3, -0.25) is 4.79 Å². The van der Waals surface area contributed by atoms with Crippen LogP contribution in [0.1, 0.15) is 35.4 Å². The molecule has 0 bridgehead atoms. The maximum atomic E-state index is 12.7. The lowest BCUT2D eigenvalue weighted by molar-refractivity contribution is 0.491. The number of nitrogens with zero attached hydrogens (tertiary/aromatic N) is 1. The highest BCUT2D eigenvalue weighted by Crippen LogP contribution is 2.43. The number of rotatable bonds is 3. The van der Waals surface area contributed by atoms with Gasteiger partial charge in [0.15, 0.2) is 5.06 Å². The summed E-state index contributed by atoms with van der Waals surface area (Å²) < 4.78 is 0. The third-order valence-electron chi connectivity index (χ3n) is 4.70. The Morgan fingerprint density at radius 3 is 2.24 bits per heavy atom. The van der Waals surface area contributed by atoms with E-state index in [1.54, 1.807) is 0 Å². The molecule has 1 heterocycles. The summed E-state index contributed by atoms with van der Waals surface area (Å²) in [6.45, 7) is 4.01. The summed E-state index contributed by atoms with van der Waals surface area (Å²) in [5.41, 5.74) is 4.98. The largest absolute Gasteiger partial charge is 0.499 e. The smallest absolute Gasteiger partial charge is 0.283 e. The van der Waals surface area contributed by atoms with Crippen LogP contribution in [0, 0.1) is 13.8 Å². The van der Waals surface area contributed by atoms with Gasteiger partial charge in [-0.05, 0) is 54.9 Å². The normalized spacial score (nSPS) is 13.8. The van der Waals surface area contributed by atoms with E-state index in [-0.39, 0.29) is 10.6 Å². The molecule has 0 radical (unpaired) electrons. The van der Waals surface area contributed by atoms with Gasteiger partial charge in [0.2, 0.25) is 0 Å². The highest BCUT2D eigenvalue weighted by molar-refractivity contribution is 7.16. The van der Waals surface area contributed by atoms with Crippen LogP contribution >= 0.6 is 11.3 Å². The first-order valence-electron chi connectivity index (χ1n) is 8.45. The molecule has 25 heavy (non-hydrogen) atoms. The molecule has 1 aliphatic carbocycles. The number of aromatic hydroxyl groups is 1. The molecule has 3 nitrogen and oxygen atoms in total. The van der Waals surface area contributed by atoms with E-state index in [9.17, 15) is 9.90 Å². The second-order valence-electron chi connectivity index (χ2n) is 6.67. The van der Waals surface area contributed by atoms with Crippen molar-refractivity contribution in [1.29, 1.82) is 0 Å². The molecule has 1 aromatic heterocycles. The topological polar surface area (TPSA) is 50.2 Å². The summed E-state index contributed by atoms with van der Waals surface area (Å²) in [5, 5.41) is 11.2. The fraction of sp³-hybridized carbons (Fsp3) is 0.238. The van der Waals surface area contributed by atoms with Crippen LogP contribution in [0.2, 0.25) is 0 Å². The molecular formula is C21H19NO2S. The molecule has 0 atom stereocenters. The van der Waals surface area contributed by atoms with Crippen molar-refractivity contribution in [2.75, 3.05) is 0 Å². The van der Waals surface area contributed by atoms with E-state index < -0.39 is 0 Å². The van der Waals surface area contributed by atoms with E-state index in [1.165, 1.54) is 18.4 Å². The minimum Gasteiger partial charge on any atom is -0.499 e. The van der Waals surface area contributed by atoms with E-state index in [4.69, 9.17) is 0 Å². The van der Waals surface area contributed by atoms with Crippen LogP contribution in [0.15, 0.2) is 47.3 Å². The molecule has 3 aromatic rings. The number of benzene rings is 2. The Kier molecular flexibility index (Phi) is 3.92. The predicted octanol–water partition coefficient (Wildman–Crippen LogP) is 5.04. The quantitative estimate of drug-likeness (QED) is 0.721. The molecule has 0 spiro atoms. The summed E-state index contributed by atoms with van der Waals surface area (Å²) in [6, 6.07) is 13.8. The number of hydrogen-bond acceptors (Lipinski definition) is 4. The maximum absolute atomic E-state index is 12.7. The van der Waals surface area contributed by atoms with Crippen molar-refractivity contribution in [3.05, 3.63) is 69.5 Å². The number of aryl methyl sites for hydroxylation is 2. The standard InChI is InChI=1S/C21H19NO2S/c1-12-10-16(14-8-9-14)11-13(2)17(12)18-19(23)22-20(25-21(18)24)15-6-4-3-5-7-15/h3-7,10-11,14,24H,8-9H2,1-2H3. The van der Waals surface area contributed by atoms with Gasteiger partial charge in [0.1, 0.15) is 10.6 Å². The van der Waals surface area contributed by atoms with E-state index in [2.05, 4.69) is 17.1 Å². The lowest BCUT2D eigenvalue weighted by Crippen LogP contribution is -2.10. The van der Waals surface area contributed by atoms with E-state index in [0.29, 0.717) is 16.5 Å². The second kappa shape index (κ2) is 6.12. The maximum Gasteiger partial charge on any atom is 0.283 e. The monoisotopic (exact) mass is 349 g/mol. The molecule has 126 valence electrons. The van der Waals surface area contributed by atoms with Gasteiger partial charge in [0.25, 0.3) is 5.56 Å². The minimum atomic E-state index is -0.375. The Balaban J connectivity index is 1.85. The molecule has 1 N–H and O–H groups in total. The van der Waals surface area contributed by atoms with Crippen LogP contribution < -0.4 is 5.56 Å². The zero-order chi connectivity index (χ0) is 17.6. The minimum absolute atomic E-state index is 0.0317. The van der Waals surface area contributed by atoms with Crippen LogP contribution in [0.25, 0.3) is 21.7 Å². The zero-order valence-electron chi connectivity index (χ0n) is 14.2. The highest BCUT2D eigenvalue weighted by Gasteiger charge is 2.26. The second-order valence-corrected chi connectivity index (χ2v) is 7.65. The Labute approximate surface area is 150 Å². The van der Waals surface area contributed by atoms with Crippen LogP contribution in [0.3, 0.4) is 0 Å². The molecule has 0 amide bonds. The molecular weight excluding hydrogens is 330 g/mol. The lowest BCUT2D eigenvalue weighted by atomic mass is 9.93. The molecule has 1 fully saturated rings. The van der Waals surface area contributed by atoms with Crippen molar-refractivity contribution < 1.29 is 5.11 Å². The first-order valence-corrected chi connectivity index (χ1v) is 9.27. The van der Waals surface area contributed by atoms with E-state index >= 15 is 0 Å². The summed E-state index contributed by atoms with van der Waals surface area (Å²) >= 11 is 1.15. The molecule has 1 saturated carbocycles. The van der Waals surface area contributed by atoms with Crippen LogP contribution in [0.4, 0.5) is 0 Å². The van der Waals surface area contributed by atoms with Crippen molar-refractivity contribution in [3.63, 3.8) is 0 Å². The third-order valence-corrected chi connectivity index (χ3v) is 5.62. The summed E-state index contributed by atoms with van der Waals surface area (Å²) in [7, 11) is 0. The van der Waals surface area contributed by atoms with Crippen molar-refractivity contribution >= 4 is 11.3 Å². The van der Waals surface area contributed by atoms with Gasteiger partial charge in [0, 0.05) is 5.56 Å². The average molecular weight is 349 g/mol. The first kappa shape index (κ1) is 16.0. The van der Waals surface area contributed by atoms with Crippen molar-refractivity contribution in [2.45, 2.75) is 32.6 Å². The fourth-order valence-electron chi connectivity index (χ4n) is 3.37. The van der Waals surface area contributed by atoms with Crippen molar-refractivity contribution in [3.8, 4) is 26.8 Å². The van der Waals surface area contributed by atoms with Gasteiger partial charge < -0.3 is 5.11 Å². The molecule has 0 saturated heterocycles. The number of aromatic nitrogens is 1. The van der Waals surface area contributed by atoms with Crippen molar-refractivity contribution in [1.82, 2.24) is 4.98 Å². The summed E-state index contributed by atoms with van der Waals surface area (Å²) in [5.74, 6) is 0.660. The van der Waals surface area contributed by atoms with Crippen molar-refractivity contribution in [2.24, 2.45) is 0 Å². The van der Waals surface area contributed by atoms with E-state index in [1.807, 2.05) is 44.2 Å². The zero-order valence-corrected chi connectivity index (χ0v) is 15.1. The van der Waals surface area contributed by atoms with Gasteiger partial charge in [-0.25, -0.2) is 0 Å². The SMILES string of the molecule is Cc1cc(C2CC2)cc(C)c1-c1c(O)sc(-c2ccccc2)nc1=O. The molecule has 0 unspecified atom stereocenters. The third kappa shape index (κ3) is 2.98. The molecule has 0 aliphatic heterocycles. The van der Waals surface area contributed by atoms with Gasteiger partial charge in [-0.1, -0.05) is 53.8 Å². The van der Waals surface area contributed by atoms with Gasteiger partial charge in [-0.15, -0.1) is 0 Å². The first-order chi connectivity index (χ1) is 12.0. The van der Waals surface area contributed by atoms with Gasteiger partial charge >= 0.3 is 0 Å². The Bertz CT molecular complexity index is 981. The van der Waals surface area contributed by atoms with E-state index in [0.717, 1.165) is 33.6 Å². The molecule has 4 heteroatoms. The molecule has 4 rings (SSSR count). The Morgan fingerprint density at radius 1 is 1.04 bits per heavy atom. The fourth-order valence-corrected chi connectivity index (χ4v) is 4.22. The van der Waals surface area contributed by atoms with Gasteiger partial charge in [-0.2, -0.15) is 4.98 Å². The van der Waals surface area contributed by atoms with Crippen LogP contribution in [-0.2, 0) is 0 Å². The summed E-state index contributed by atoms with van der Waals surface area (Å²) in [4.78, 5) is 16.9. The predicted molar refractivity (Wildman–Crippen MR) is 102 cm³/mol. The van der Waals surface area contributed by atoms with Gasteiger partial charge in [0.05, 0.1) is 0 Å². The van der Waals surface area contributed by atoms with Crippen LogP contribution in [0.5, 0.6) is 5.06 Å². The highest BCUT2D eigenvalue weighted by atomic mass is 32.1. The summed E-state index contributed by atoms with van der Waals surface area (Å²) in [6.07, 6.45) is 2.48. The van der Waals surface area contributed by atoms with Crippen LogP contribution in [-0.4, -0.2) is 10.1 Å². The lowest BCUT2D eigenvalue weighted by Gasteiger charge is -2.13. The Morgan fingerprint density at radius 2 is 1.68 bits per heavy atom. The molecule has 1 aliphatic rings. The number of hydrogen-bond donors (Lipinski definition) is 1.